The molecule has 4 aliphatic carbocycles. The number of rotatable bonds is 6. The third-order valence-corrected chi connectivity index (χ3v) is 5.99. The first-order valence-electron chi connectivity index (χ1n) is 9.02. The first-order chi connectivity index (χ1) is 11.4. The number of esters is 1. The van der Waals surface area contributed by atoms with Gasteiger partial charge >= 0.3 is 5.97 Å². The van der Waals surface area contributed by atoms with Crippen LogP contribution in [-0.4, -0.2) is 49.9 Å². The van der Waals surface area contributed by atoms with E-state index < -0.39 is 5.97 Å². The Bertz CT molecular complexity index is 494. The van der Waals surface area contributed by atoms with Crippen LogP contribution in [0.5, 0.6) is 0 Å². The topological polar surface area (TPSA) is 75.7 Å². The monoisotopic (exact) mass is 336 g/mol. The van der Waals surface area contributed by atoms with E-state index in [2.05, 4.69) is 5.32 Å². The fourth-order valence-electron chi connectivity index (χ4n) is 5.20. The first-order valence-corrected chi connectivity index (χ1v) is 9.02. The highest BCUT2D eigenvalue weighted by molar-refractivity contribution is 5.84. The van der Waals surface area contributed by atoms with Crippen LogP contribution in [-0.2, 0) is 19.1 Å². The van der Waals surface area contributed by atoms with Gasteiger partial charge in [0.05, 0.1) is 6.42 Å². The van der Waals surface area contributed by atoms with Gasteiger partial charge in [0.2, 0.25) is 5.91 Å². The van der Waals surface area contributed by atoms with E-state index in [0.29, 0.717) is 0 Å². The van der Waals surface area contributed by atoms with E-state index in [0.717, 1.165) is 37.0 Å². The van der Waals surface area contributed by atoms with Crippen LogP contribution in [0.1, 0.15) is 44.9 Å². The Morgan fingerprint density at radius 3 is 2.08 bits per heavy atom. The van der Waals surface area contributed by atoms with Gasteiger partial charge in [-0.25, -0.2) is 0 Å². The Kier molecular flexibility index (Phi) is 4.83. The molecular weight excluding hydrogens is 308 g/mol. The summed E-state index contributed by atoms with van der Waals surface area (Å²) in [4.78, 5) is 37.1. The maximum absolute atomic E-state index is 12.7. The molecule has 0 unspecified atom stereocenters. The summed E-state index contributed by atoms with van der Waals surface area (Å²) in [6, 6.07) is 0. The molecule has 1 N–H and O–H groups in total. The predicted octanol–water partition coefficient (Wildman–Crippen LogP) is 1.34. The average molecular weight is 336 g/mol. The van der Waals surface area contributed by atoms with Gasteiger partial charge in [-0.05, 0) is 56.3 Å². The SMILES string of the molecule is CN(C)C(=O)COC(=O)CCNC(=O)C12CC3CC(CC(C3)C1)C2. The Hall–Kier alpha value is -1.59. The minimum Gasteiger partial charge on any atom is -0.456 e. The lowest BCUT2D eigenvalue weighted by Gasteiger charge is -2.55. The molecule has 4 bridgehead atoms. The van der Waals surface area contributed by atoms with Crippen molar-refractivity contribution in [3.8, 4) is 0 Å². The molecule has 0 heterocycles. The molecule has 0 radical (unpaired) electrons. The second-order valence-electron chi connectivity index (χ2n) is 8.15. The van der Waals surface area contributed by atoms with Crippen molar-refractivity contribution in [3.63, 3.8) is 0 Å². The lowest BCUT2D eigenvalue weighted by atomic mass is 9.49. The summed E-state index contributed by atoms with van der Waals surface area (Å²) in [5.41, 5.74) is -0.181. The van der Waals surface area contributed by atoms with Crippen LogP contribution in [0.4, 0.5) is 0 Å². The van der Waals surface area contributed by atoms with Gasteiger partial charge in [0.15, 0.2) is 6.61 Å². The number of carbonyl (C=O) groups excluding carboxylic acids is 3. The summed E-state index contributed by atoms with van der Waals surface area (Å²) < 4.78 is 4.91. The van der Waals surface area contributed by atoms with Gasteiger partial charge in [0.25, 0.3) is 5.91 Å². The fraction of sp³-hybridized carbons (Fsp3) is 0.833. The number of carbonyl (C=O) groups is 3. The Morgan fingerprint density at radius 2 is 1.58 bits per heavy atom. The second kappa shape index (κ2) is 6.73. The zero-order valence-electron chi connectivity index (χ0n) is 14.7. The van der Waals surface area contributed by atoms with Gasteiger partial charge in [-0.2, -0.15) is 0 Å². The van der Waals surface area contributed by atoms with E-state index in [1.807, 2.05) is 0 Å². The van der Waals surface area contributed by atoms with E-state index >= 15 is 0 Å². The molecule has 6 nitrogen and oxygen atoms in total. The van der Waals surface area contributed by atoms with Crippen LogP contribution < -0.4 is 5.32 Å². The standard InChI is InChI=1S/C18H28N2O4/c1-20(2)15(21)11-24-16(22)3-4-19-17(23)18-8-12-5-13(9-18)7-14(6-12)10-18/h12-14H,3-11H2,1-2H3,(H,19,23). The molecule has 0 aromatic rings. The number of ether oxygens (including phenoxy) is 1. The first kappa shape index (κ1) is 17.2. The largest absolute Gasteiger partial charge is 0.456 e. The highest BCUT2D eigenvalue weighted by Crippen LogP contribution is 2.60. The number of likely N-dealkylation sites (N-methyl/N-ethyl adjacent to an activating group) is 1. The van der Waals surface area contributed by atoms with Crippen molar-refractivity contribution in [2.75, 3.05) is 27.2 Å². The molecule has 0 aliphatic heterocycles. The number of nitrogens with zero attached hydrogens (tertiary/aromatic N) is 1. The van der Waals surface area contributed by atoms with Crippen molar-refractivity contribution in [2.24, 2.45) is 23.2 Å². The molecule has 4 saturated carbocycles. The molecule has 4 rings (SSSR count). The van der Waals surface area contributed by atoms with Gasteiger partial charge in [-0.15, -0.1) is 0 Å². The van der Waals surface area contributed by atoms with Gasteiger partial charge in [-0.3, -0.25) is 14.4 Å². The zero-order chi connectivity index (χ0) is 17.3. The Labute approximate surface area is 143 Å². The third kappa shape index (κ3) is 3.57. The maximum atomic E-state index is 12.7. The fourth-order valence-corrected chi connectivity index (χ4v) is 5.20. The minimum atomic E-state index is -0.448. The number of hydrogen-bond donors (Lipinski definition) is 1. The van der Waals surface area contributed by atoms with Gasteiger partial charge in [0.1, 0.15) is 0 Å². The molecule has 134 valence electrons. The van der Waals surface area contributed by atoms with E-state index in [9.17, 15) is 14.4 Å². The predicted molar refractivity (Wildman–Crippen MR) is 87.9 cm³/mol. The van der Waals surface area contributed by atoms with Crippen molar-refractivity contribution in [3.05, 3.63) is 0 Å². The number of amides is 2. The molecule has 6 heteroatoms. The van der Waals surface area contributed by atoms with Crippen molar-refractivity contribution in [2.45, 2.75) is 44.9 Å². The third-order valence-electron chi connectivity index (χ3n) is 5.99. The molecule has 0 atom stereocenters. The van der Waals surface area contributed by atoms with Crippen LogP contribution >= 0.6 is 0 Å². The summed E-state index contributed by atoms with van der Waals surface area (Å²) in [6.45, 7) is 0.0460. The highest BCUT2D eigenvalue weighted by atomic mass is 16.5. The second-order valence-corrected chi connectivity index (χ2v) is 8.15. The Balaban J connectivity index is 1.41. The lowest BCUT2D eigenvalue weighted by Crippen LogP contribution is -2.53. The Morgan fingerprint density at radius 1 is 1.04 bits per heavy atom. The van der Waals surface area contributed by atoms with Crippen molar-refractivity contribution in [1.29, 1.82) is 0 Å². The molecule has 0 saturated heterocycles. The van der Waals surface area contributed by atoms with Crippen molar-refractivity contribution >= 4 is 17.8 Å². The van der Waals surface area contributed by atoms with Gasteiger partial charge < -0.3 is 15.0 Å². The van der Waals surface area contributed by atoms with Crippen LogP contribution in [0, 0.1) is 23.2 Å². The minimum absolute atomic E-state index is 0.110. The summed E-state index contributed by atoms with van der Waals surface area (Å²) in [5, 5.41) is 2.95. The maximum Gasteiger partial charge on any atom is 0.308 e. The average Bonchev–Trinajstić information content (AvgIpc) is 2.51. The van der Waals surface area contributed by atoms with Gasteiger partial charge in [0, 0.05) is 26.1 Å². The van der Waals surface area contributed by atoms with E-state index in [4.69, 9.17) is 4.74 Å². The molecule has 0 aromatic heterocycles. The van der Waals surface area contributed by atoms with Crippen molar-refractivity contribution in [1.82, 2.24) is 10.2 Å². The van der Waals surface area contributed by atoms with E-state index in [1.54, 1.807) is 14.1 Å². The van der Waals surface area contributed by atoms with Crippen LogP contribution in [0.2, 0.25) is 0 Å². The van der Waals surface area contributed by atoms with E-state index in [1.165, 1.54) is 24.2 Å². The van der Waals surface area contributed by atoms with Crippen LogP contribution in [0.25, 0.3) is 0 Å². The number of nitrogens with one attached hydrogen (secondary N) is 1. The molecule has 4 fully saturated rings. The molecule has 2 amide bonds. The summed E-state index contributed by atoms with van der Waals surface area (Å²) in [5.74, 6) is 1.60. The summed E-state index contributed by atoms with van der Waals surface area (Å²) >= 11 is 0. The van der Waals surface area contributed by atoms with E-state index in [-0.39, 0.29) is 36.8 Å². The van der Waals surface area contributed by atoms with Crippen LogP contribution in [0.15, 0.2) is 0 Å². The smallest absolute Gasteiger partial charge is 0.308 e. The molecule has 4 aliphatic rings. The molecule has 0 aromatic carbocycles. The number of hydrogen-bond acceptors (Lipinski definition) is 4. The van der Waals surface area contributed by atoms with Gasteiger partial charge in [-0.1, -0.05) is 0 Å². The van der Waals surface area contributed by atoms with Crippen molar-refractivity contribution < 1.29 is 19.1 Å². The van der Waals surface area contributed by atoms with Crippen LogP contribution in [0.3, 0.4) is 0 Å². The summed E-state index contributed by atoms with van der Waals surface area (Å²) in [7, 11) is 3.23. The lowest BCUT2D eigenvalue weighted by molar-refractivity contribution is -0.151. The highest BCUT2D eigenvalue weighted by Gasteiger charge is 2.54. The normalized spacial score (nSPS) is 33.2. The molecule has 0 spiro atoms. The zero-order valence-corrected chi connectivity index (χ0v) is 14.7. The molecule has 24 heavy (non-hydrogen) atoms. The summed E-state index contributed by atoms with van der Waals surface area (Å²) in [6.07, 6.45) is 7.08. The molecular formula is C18H28N2O4. The quantitative estimate of drug-likeness (QED) is 0.743.